The van der Waals surface area contributed by atoms with Gasteiger partial charge in [-0.05, 0) is 25.3 Å². The summed E-state index contributed by atoms with van der Waals surface area (Å²) >= 11 is 0. The Hall–Kier alpha value is -0.880. The molecule has 0 radical (unpaired) electrons. The molecule has 0 fully saturated rings. The van der Waals surface area contributed by atoms with Crippen LogP contribution in [0.1, 0.15) is 12.0 Å². The lowest BCUT2D eigenvalue weighted by Gasteiger charge is -2.05. The van der Waals surface area contributed by atoms with E-state index in [2.05, 4.69) is 0 Å². The Morgan fingerprint density at radius 3 is 2.33 bits per heavy atom. The quantitative estimate of drug-likeness (QED) is 0.721. The molecule has 1 aromatic rings. The third-order valence-corrected chi connectivity index (χ3v) is 3.21. The number of aryl methyl sites for hydroxylation is 1. The minimum atomic E-state index is -2.19. The molecular formula is C12H17O2P. The van der Waals surface area contributed by atoms with Crippen molar-refractivity contribution in [2.75, 3.05) is 19.5 Å². The molecule has 3 heteroatoms. The van der Waals surface area contributed by atoms with Gasteiger partial charge in [-0.15, -0.1) is 0 Å². The summed E-state index contributed by atoms with van der Waals surface area (Å²) in [5, 5.41) is 0. The molecule has 0 N–H and O–H groups in total. The lowest BCUT2D eigenvalue weighted by molar-refractivity contribution is -0.116. The number of carbonyl (C=O) groups is 1. The fraction of sp³-hybridized carbons (Fsp3) is 0.417. The molecule has 0 saturated heterocycles. The van der Waals surface area contributed by atoms with Crippen molar-refractivity contribution in [3.05, 3.63) is 35.9 Å². The molecule has 0 saturated carbocycles. The molecule has 0 atom stereocenters. The van der Waals surface area contributed by atoms with Crippen molar-refractivity contribution < 1.29 is 9.36 Å². The van der Waals surface area contributed by atoms with Crippen molar-refractivity contribution >= 4 is 12.9 Å². The predicted octanol–water partition coefficient (Wildman–Crippen LogP) is 2.81. The number of carbonyl (C=O) groups excluding carboxylic acids is 1. The highest BCUT2D eigenvalue weighted by atomic mass is 31.2. The predicted molar refractivity (Wildman–Crippen MR) is 64.1 cm³/mol. The summed E-state index contributed by atoms with van der Waals surface area (Å²) in [5.74, 6) is 0.104. The number of Topliss-reactive ketones (excluding diaryl/α,β-unsaturated/α-hetero) is 1. The minimum Gasteiger partial charge on any atom is -0.324 e. The molecule has 0 amide bonds. The Labute approximate surface area is 91.1 Å². The lowest BCUT2D eigenvalue weighted by Crippen LogP contribution is -2.05. The Bertz CT molecular complexity index is 364. The van der Waals surface area contributed by atoms with Crippen LogP contribution < -0.4 is 0 Å². The molecule has 82 valence electrons. The Morgan fingerprint density at radius 1 is 1.20 bits per heavy atom. The fourth-order valence-corrected chi connectivity index (χ4v) is 2.44. The van der Waals surface area contributed by atoms with Crippen LogP contribution in [0.2, 0.25) is 0 Å². The van der Waals surface area contributed by atoms with E-state index in [1.165, 1.54) is 0 Å². The van der Waals surface area contributed by atoms with Gasteiger partial charge in [0.15, 0.2) is 0 Å². The molecule has 15 heavy (non-hydrogen) atoms. The van der Waals surface area contributed by atoms with E-state index in [0.717, 1.165) is 12.0 Å². The third kappa shape index (κ3) is 5.54. The largest absolute Gasteiger partial charge is 0.324 e. The first kappa shape index (κ1) is 12.2. The molecule has 1 aromatic carbocycles. The van der Waals surface area contributed by atoms with Crippen LogP contribution in [0.25, 0.3) is 0 Å². The van der Waals surface area contributed by atoms with Gasteiger partial charge in [0.05, 0.1) is 13.3 Å². The molecule has 0 aliphatic carbocycles. The molecule has 2 nitrogen and oxygen atoms in total. The van der Waals surface area contributed by atoms with E-state index in [9.17, 15) is 9.36 Å². The first-order chi connectivity index (χ1) is 6.97. The van der Waals surface area contributed by atoms with Crippen molar-refractivity contribution in [1.29, 1.82) is 0 Å². The number of rotatable bonds is 5. The van der Waals surface area contributed by atoms with Gasteiger partial charge in [0.1, 0.15) is 5.78 Å². The number of hydrogen-bond acceptors (Lipinski definition) is 2. The normalized spacial score (nSPS) is 11.3. The van der Waals surface area contributed by atoms with Crippen molar-refractivity contribution in [2.24, 2.45) is 0 Å². The summed E-state index contributed by atoms with van der Waals surface area (Å²) in [6.45, 7) is 3.32. The highest BCUT2D eigenvalue weighted by Gasteiger charge is 2.13. The van der Waals surface area contributed by atoms with Crippen LogP contribution >= 0.6 is 7.14 Å². The fourth-order valence-electron chi connectivity index (χ4n) is 1.43. The van der Waals surface area contributed by atoms with E-state index in [1.54, 1.807) is 13.3 Å². The number of benzene rings is 1. The van der Waals surface area contributed by atoms with E-state index in [-0.39, 0.29) is 11.9 Å². The summed E-state index contributed by atoms with van der Waals surface area (Å²) in [6, 6.07) is 9.89. The molecule has 0 bridgehead atoms. The maximum absolute atomic E-state index is 11.5. The van der Waals surface area contributed by atoms with Gasteiger partial charge in [-0.1, -0.05) is 30.3 Å². The van der Waals surface area contributed by atoms with Crippen LogP contribution in [-0.4, -0.2) is 25.3 Å². The van der Waals surface area contributed by atoms with Crippen molar-refractivity contribution in [3.8, 4) is 0 Å². The van der Waals surface area contributed by atoms with Crippen LogP contribution in [0.4, 0.5) is 0 Å². The maximum Gasteiger partial charge on any atom is 0.140 e. The molecule has 0 spiro atoms. The minimum absolute atomic E-state index is 0.104. The average molecular weight is 224 g/mol. The van der Waals surface area contributed by atoms with E-state index in [4.69, 9.17) is 0 Å². The van der Waals surface area contributed by atoms with E-state index < -0.39 is 7.14 Å². The van der Waals surface area contributed by atoms with Crippen LogP contribution in [0.5, 0.6) is 0 Å². The van der Waals surface area contributed by atoms with Crippen LogP contribution in [-0.2, 0) is 15.8 Å². The molecular weight excluding hydrogens is 207 g/mol. The highest BCUT2D eigenvalue weighted by Crippen LogP contribution is 2.35. The SMILES string of the molecule is CP(C)(=O)CC(=O)CCc1ccccc1. The van der Waals surface area contributed by atoms with Crippen molar-refractivity contribution in [2.45, 2.75) is 12.8 Å². The van der Waals surface area contributed by atoms with Crippen molar-refractivity contribution in [1.82, 2.24) is 0 Å². The van der Waals surface area contributed by atoms with Crippen molar-refractivity contribution in [3.63, 3.8) is 0 Å². The topological polar surface area (TPSA) is 34.1 Å². The third-order valence-electron chi connectivity index (χ3n) is 2.09. The first-order valence-corrected chi connectivity index (χ1v) is 7.86. The van der Waals surface area contributed by atoms with E-state index in [1.807, 2.05) is 30.3 Å². The Kier molecular flexibility index (Phi) is 4.28. The monoisotopic (exact) mass is 224 g/mol. The molecule has 1 rings (SSSR count). The average Bonchev–Trinajstić information content (AvgIpc) is 2.14. The zero-order valence-corrected chi connectivity index (χ0v) is 10.2. The molecule has 0 aliphatic heterocycles. The smallest absolute Gasteiger partial charge is 0.140 e. The van der Waals surface area contributed by atoms with Gasteiger partial charge in [0.2, 0.25) is 0 Å². The second-order valence-corrected chi connectivity index (χ2v) is 7.72. The first-order valence-electron chi connectivity index (χ1n) is 5.07. The van der Waals surface area contributed by atoms with Gasteiger partial charge in [-0.2, -0.15) is 0 Å². The number of ketones is 1. The van der Waals surface area contributed by atoms with E-state index >= 15 is 0 Å². The van der Waals surface area contributed by atoms with Gasteiger partial charge >= 0.3 is 0 Å². The standard InChI is InChI=1S/C12H17O2P/c1-15(2,14)10-12(13)9-8-11-6-4-3-5-7-11/h3-7H,8-10H2,1-2H3. The molecule has 0 aromatic heterocycles. The zero-order chi connectivity index (χ0) is 11.3. The van der Waals surface area contributed by atoms with Crippen LogP contribution in [0.15, 0.2) is 30.3 Å². The van der Waals surface area contributed by atoms with Gasteiger partial charge in [-0.3, -0.25) is 4.79 Å². The van der Waals surface area contributed by atoms with Gasteiger partial charge in [0.25, 0.3) is 0 Å². The number of hydrogen-bond donors (Lipinski definition) is 0. The molecule has 0 aliphatic rings. The summed E-state index contributed by atoms with van der Waals surface area (Å²) in [5.41, 5.74) is 1.16. The zero-order valence-electron chi connectivity index (χ0n) is 9.27. The Morgan fingerprint density at radius 2 is 1.80 bits per heavy atom. The summed E-state index contributed by atoms with van der Waals surface area (Å²) in [6.07, 6.45) is 1.48. The second kappa shape index (κ2) is 5.27. The molecule has 0 unspecified atom stereocenters. The summed E-state index contributed by atoms with van der Waals surface area (Å²) in [4.78, 5) is 11.5. The summed E-state index contributed by atoms with van der Waals surface area (Å²) < 4.78 is 11.4. The summed E-state index contributed by atoms with van der Waals surface area (Å²) in [7, 11) is -2.19. The maximum atomic E-state index is 11.5. The Balaban J connectivity index is 2.39. The molecule has 0 heterocycles. The second-order valence-electron chi connectivity index (χ2n) is 4.26. The van der Waals surface area contributed by atoms with Crippen LogP contribution in [0, 0.1) is 0 Å². The van der Waals surface area contributed by atoms with E-state index in [0.29, 0.717) is 6.42 Å². The van der Waals surface area contributed by atoms with Gasteiger partial charge in [0, 0.05) is 6.42 Å². The highest BCUT2D eigenvalue weighted by molar-refractivity contribution is 7.63. The van der Waals surface area contributed by atoms with Gasteiger partial charge in [-0.25, -0.2) is 0 Å². The lowest BCUT2D eigenvalue weighted by atomic mass is 10.1. The van der Waals surface area contributed by atoms with Crippen LogP contribution in [0.3, 0.4) is 0 Å². The van der Waals surface area contributed by atoms with Gasteiger partial charge < -0.3 is 4.57 Å².